The van der Waals surface area contributed by atoms with Crippen LogP contribution >= 0.6 is 0 Å². The molecule has 0 saturated heterocycles. The van der Waals surface area contributed by atoms with E-state index in [-0.39, 0.29) is 12.3 Å². The summed E-state index contributed by atoms with van der Waals surface area (Å²) in [5.41, 5.74) is 0.712. The van der Waals surface area contributed by atoms with Crippen molar-refractivity contribution < 1.29 is 23.1 Å². The molecule has 0 fully saturated rings. The second kappa shape index (κ2) is 7.12. The van der Waals surface area contributed by atoms with Crippen molar-refractivity contribution in [2.45, 2.75) is 6.54 Å². The Morgan fingerprint density at radius 2 is 1.87 bits per heavy atom. The van der Waals surface area contributed by atoms with E-state index in [0.29, 0.717) is 17.0 Å². The van der Waals surface area contributed by atoms with Crippen LogP contribution in [0.3, 0.4) is 0 Å². The molecule has 1 amide bonds. The lowest BCUT2D eigenvalue weighted by molar-refractivity contribution is 0.215. The minimum atomic E-state index is -3.35. The number of hydrogen-bond donors (Lipinski definition) is 3. The minimum absolute atomic E-state index is 0.0423. The summed E-state index contributed by atoms with van der Waals surface area (Å²) >= 11 is 0. The smallest absolute Gasteiger partial charge is 0.417 e. The van der Waals surface area contributed by atoms with Gasteiger partial charge in [0.05, 0.1) is 6.26 Å². The zero-order valence-electron chi connectivity index (χ0n) is 12.3. The molecule has 0 bridgehead atoms. The number of hydrogen-bond acceptors (Lipinski definition) is 5. The summed E-state index contributed by atoms with van der Waals surface area (Å²) in [4.78, 5) is 11.7. The predicted molar refractivity (Wildman–Crippen MR) is 85.9 cm³/mol. The molecule has 0 aliphatic heterocycles. The number of ether oxygens (including phenoxy) is 1. The van der Waals surface area contributed by atoms with Crippen molar-refractivity contribution in [2.24, 2.45) is 0 Å². The van der Waals surface area contributed by atoms with Crippen LogP contribution in [-0.4, -0.2) is 25.9 Å². The third-order valence-electron chi connectivity index (χ3n) is 2.81. The van der Waals surface area contributed by atoms with Crippen molar-refractivity contribution in [1.82, 2.24) is 4.72 Å². The zero-order valence-corrected chi connectivity index (χ0v) is 13.1. The van der Waals surface area contributed by atoms with Gasteiger partial charge >= 0.3 is 6.09 Å². The molecule has 0 unspecified atom stereocenters. The number of nitrogens with one attached hydrogen (secondary N) is 2. The van der Waals surface area contributed by atoms with Crippen LogP contribution in [0, 0.1) is 0 Å². The van der Waals surface area contributed by atoms with Gasteiger partial charge in [-0.2, -0.15) is 0 Å². The third kappa shape index (κ3) is 5.61. The van der Waals surface area contributed by atoms with E-state index >= 15 is 0 Å². The molecular formula is C15H16N2O5S. The van der Waals surface area contributed by atoms with Crippen LogP contribution in [0.4, 0.5) is 10.5 Å². The number of anilines is 1. The molecule has 23 heavy (non-hydrogen) atoms. The van der Waals surface area contributed by atoms with E-state index in [0.717, 1.165) is 6.26 Å². The van der Waals surface area contributed by atoms with Crippen molar-refractivity contribution in [1.29, 1.82) is 0 Å². The number of benzene rings is 2. The summed E-state index contributed by atoms with van der Waals surface area (Å²) in [7, 11) is -3.35. The van der Waals surface area contributed by atoms with Crippen LogP contribution in [0.2, 0.25) is 0 Å². The van der Waals surface area contributed by atoms with Crippen LogP contribution in [0.5, 0.6) is 11.5 Å². The van der Waals surface area contributed by atoms with Crippen molar-refractivity contribution in [3.05, 3.63) is 54.1 Å². The summed E-state index contributed by atoms with van der Waals surface area (Å²) in [5.74, 6) is 0.252. The number of rotatable bonds is 5. The van der Waals surface area contributed by atoms with Crippen molar-refractivity contribution >= 4 is 21.8 Å². The highest BCUT2D eigenvalue weighted by molar-refractivity contribution is 7.88. The van der Waals surface area contributed by atoms with Gasteiger partial charge in [-0.3, -0.25) is 5.32 Å². The lowest BCUT2D eigenvalue weighted by Crippen LogP contribution is -2.21. The topological polar surface area (TPSA) is 105 Å². The van der Waals surface area contributed by atoms with E-state index in [2.05, 4.69) is 10.0 Å². The average molecular weight is 336 g/mol. The Kier molecular flexibility index (Phi) is 5.20. The van der Waals surface area contributed by atoms with Gasteiger partial charge in [-0.1, -0.05) is 24.3 Å². The molecule has 0 spiro atoms. The van der Waals surface area contributed by atoms with Gasteiger partial charge in [0.2, 0.25) is 10.0 Å². The molecule has 0 saturated carbocycles. The summed E-state index contributed by atoms with van der Waals surface area (Å²) < 4.78 is 29.4. The van der Waals surface area contributed by atoms with Gasteiger partial charge in [0.15, 0.2) is 0 Å². The average Bonchev–Trinajstić information content (AvgIpc) is 2.46. The van der Waals surface area contributed by atoms with Crippen molar-refractivity contribution in [3.8, 4) is 11.5 Å². The highest BCUT2D eigenvalue weighted by Crippen LogP contribution is 2.22. The number of aromatic hydroxyl groups is 1. The summed E-state index contributed by atoms with van der Waals surface area (Å²) in [6, 6.07) is 12.9. The van der Waals surface area contributed by atoms with E-state index in [1.165, 1.54) is 18.2 Å². The van der Waals surface area contributed by atoms with Crippen LogP contribution in [0.25, 0.3) is 0 Å². The summed E-state index contributed by atoms with van der Waals surface area (Å²) in [6.07, 6.45) is 0.331. The van der Waals surface area contributed by atoms with Gasteiger partial charge in [0, 0.05) is 23.9 Å². The van der Waals surface area contributed by atoms with Crippen LogP contribution in [-0.2, 0) is 16.6 Å². The number of carbonyl (C=O) groups excluding carboxylic acids is 1. The minimum Gasteiger partial charge on any atom is -0.508 e. The van der Waals surface area contributed by atoms with E-state index in [4.69, 9.17) is 4.74 Å². The van der Waals surface area contributed by atoms with Crippen molar-refractivity contribution in [2.75, 3.05) is 11.6 Å². The Morgan fingerprint density at radius 3 is 2.48 bits per heavy atom. The Labute approximate surface area is 134 Å². The lowest BCUT2D eigenvalue weighted by Gasteiger charge is -2.09. The maximum absolute atomic E-state index is 11.7. The standard InChI is InChI=1S/C15H16N2O5S/c1-23(20,21)16-10-11-7-8-12(9-14(11)18)17-15(19)22-13-5-3-2-4-6-13/h2-9,16,18H,10H2,1H3,(H,17,19). The van der Waals surface area contributed by atoms with Gasteiger partial charge in [-0.05, 0) is 18.2 Å². The largest absolute Gasteiger partial charge is 0.508 e. The highest BCUT2D eigenvalue weighted by atomic mass is 32.2. The first-order valence-electron chi connectivity index (χ1n) is 6.64. The van der Waals surface area contributed by atoms with Gasteiger partial charge in [-0.25, -0.2) is 17.9 Å². The summed E-state index contributed by atoms with van der Waals surface area (Å²) in [5, 5.41) is 12.3. The Hall–Kier alpha value is -2.58. The third-order valence-corrected chi connectivity index (χ3v) is 3.48. The molecule has 7 nitrogen and oxygen atoms in total. The number of phenols is 1. The monoisotopic (exact) mass is 336 g/mol. The number of phenolic OH excluding ortho intramolecular Hbond substituents is 1. The lowest BCUT2D eigenvalue weighted by atomic mass is 10.2. The Bertz CT molecular complexity index is 791. The number of amides is 1. The molecule has 2 rings (SSSR count). The molecule has 2 aromatic rings. The number of sulfonamides is 1. The molecule has 0 aromatic heterocycles. The van der Waals surface area contributed by atoms with Gasteiger partial charge in [0.25, 0.3) is 0 Å². The van der Waals surface area contributed by atoms with E-state index in [1.54, 1.807) is 30.3 Å². The molecule has 122 valence electrons. The first-order valence-corrected chi connectivity index (χ1v) is 8.53. The van der Waals surface area contributed by atoms with Crippen LogP contribution in [0.1, 0.15) is 5.56 Å². The summed E-state index contributed by atoms with van der Waals surface area (Å²) in [6.45, 7) is -0.0423. The molecule has 0 aliphatic carbocycles. The quantitative estimate of drug-likeness (QED) is 0.775. The highest BCUT2D eigenvalue weighted by Gasteiger charge is 2.09. The second-order valence-corrected chi connectivity index (χ2v) is 6.60. The van der Waals surface area contributed by atoms with E-state index in [9.17, 15) is 18.3 Å². The predicted octanol–water partition coefficient (Wildman–Crippen LogP) is 2.05. The molecule has 3 N–H and O–H groups in total. The Morgan fingerprint density at radius 1 is 1.17 bits per heavy atom. The fourth-order valence-corrected chi connectivity index (χ4v) is 2.16. The molecule has 8 heteroatoms. The molecular weight excluding hydrogens is 320 g/mol. The van der Waals surface area contributed by atoms with Crippen LogP contribution < -0.4 is 14.8 Å². The van der Waals surface area contributed by atoms with Gasteiger partial charge < -0.3 is 9.84 Å². The first-order chi connectivity index (χ1) is 10.8. The van der Waals surface area contributed by atoms with E-state index in [1.807, 2.05) is 0 Å². The SMILES string of the molecule is CS(=O)(=O)NCc1ccc(NC(=O)Oc2ccccc2)cc1O. The fourth-order valence-electron chi connectivity index (χ4n) is 1.74. The van der Waals surface area contributed by atoms with Crippen molar-refractivity contribution in [3.63, 3.8) is 0 Å². The fraction of sp³-hybridized carbons (Fsp3) is 0.133. The van der Waals surface area contributed by atoms with Gasteiger partial charge in [0.1, 0.15) is 11.5 Å². The zero-order chi connectivity index (χ0) is 16.9. The maximum Gasteiger partial charge on any atom is 0.417 e. The molecule has 0 aliphatic rings. The first kappa shape index (κ1) is 16.8. The molecule has 0 atom stereocenters. The number of para-hydroxylation sites is 1. The van der Waals surface area contributed by atoms with E-state index < -0.39 is 16.1 Å². The number of carbonyl (C=O) groups is 1. The maximum atomic E-state index is 11.7. The molecule has 2 aromatic carbocycles. The second-order valence-electron chi connectivity index (χ2n) is 4.76. The van der Waals surface area contributed by atoms with Gasteiger partial charge in [-0.15, -0.1) is 0 Å². The Balaban J connectivity index is 1.98. The van der Waals surface area contributed by atoms with Crippen LogP contribution in [0.15, 0.2) is 48.5 Å². The normalized spacial score (nSPS) is 11.0. The molecule has 0 radical (unpaired) electrons. The molecule has 0 heterocycles.